The van der Waals surface area contributed by atoms with Gasteiger partial charge in [0.2, 0.25) is 11.8 Å². The molecule has 2 saturated carbocycles. The number of nitrogens with one attached hydrogen (secondary N) is 2. The summed E-state index contributed by atoms with van der Waals surface area (Å²) in [4.78, 5) is 29.4. The molecule has 158 valence electrons. The third-order valence-electron chi connectivity index (χ3n) is 6.17. The van der Waals surface area contributed by atoms with Crippen LogP contribution in [-0.4, -0.2) is 23.3 Å². The number of amides is 2. The van der Waals surface area contributed by atoms with Crippen LogP contribution in [0, 0.1) is 11.8 Å². The normalized spacial score (nSPS) is 23.7. The van der Waals surface area contributed by atoms with Gasteiger partial charge in [0.05, 0.1) is 5.69 Å². The highest BCUT2D eigenvalue weighted by molar-refractivity contribution is 7.13. The minimum absolute atomic E-state index is 0.0325. The maximum atomic E-state index is 12.5. The van der Waals surface area contributed by atoms with Gasteiger partial charge in [0.1, 0.15) is 0 Å². The summed E-state index contributed by atoms with van der Waals surface area (Å²) in [5.41, 5.74) is 3.36. The fraction of sp³-hybridized carbons (Fsp3) is 0.320. The van der Waals surface area contributed by atoms with Crippen LogP contribution in [0.3, 0.4) is 0 Å². The molecule has 0 bridgehead atoms. The first-order chi connectivity index (χ1) is 15.2. The number of nitrogens with zero attached hydrogens (tertiary/aromatic N) is 1. The second-order valence-corrected chi connectivity index (χ2v) is 9.25. The molecule has 31 heavy (non-hydrogen) atoms. The summed E-state index contributed by atoms with van der Waals surface area (Å²) >= 11 is 1.44. The Morgan fingerprint density at radius 1 is 0.871 bits per heavy atom. The molecule has 2 aliphatic carbocycles. The summed E-state index contributed by atoms with van der Waals surface area (Å²) in [5, 5.41) is 8.58. The Hall–Kier alpha value is -2.99. The lowest BCUT2D eigenvalue weighted by Crippen LogP contribution is -2.27. The van der Waals surface area contributed by atoms with E-state index in [1.807, 2.05) is 41.8 Å². The van der Waals surface area contributed by atoms with E-state index in [1.165, 1.54) is 22.5 Å². The van der Waals surface area contributed by atoms with E-state index in [2.05, 4.69) is 39.9 Å². The second-order valence-electron chi connectivity index (χ2n) is 8.39. The fourth-order valence-electron chi connectivity index (χ4n) is 4.23. The molecular weight excluding hydrogens is 406 g/mol. The molecule has 0 spiro atoms. The van der Waals surface area contributed by atoms with Crippen LogP contribution in [-0.2, 0) is 16.0 Å². The first-order valence-electron chi connectivity index (χ1n) is 10.8. The van der Waals surface area contributed by atoms with Gasteiger partial charge in [-0.15, -0.1) is 11.3 Å². The monoisotopic (exact) mass is 431 g/mol. The predicted molar refractivity (Wildman–Crippen MR) is 122 cm³/mol. The van der Waals surface area contributed by atoms with Gasteiger partial charge >= 0.3 is 0 Å². The highest BCUT2D eigenvalue weighted by atomic mass is 32.1. The molecule has 4 atom stereocenters. The number of anilines is 1. The van der Waals surface area contributed by atoms with E-state index in [4.69, 9.17) is 0 Å². The van der Waals surface area contributed by atoms with Crippen LogP contribution in [0.2, 0.25) is 0 Å². The summed E-state index contributed by atoms with van der Waals surface area (Å²) < 4.78 is 0. The zero-order valence-corrected chi connectivity index (χ0v) is 18.0. The standard InChI is InChI=1S/C25H25N3O2S/c29-23(21-13-19(21)16-7-3-1-4-8-16)26-12-11-18-15-31-25(27-18)28-24(30)22-14-20(22)17-9-5-2-6-10-17/h1-10,15,19-22H,11-14H2,(H,26,29)(H,27,28,30)/t19-,20+,21-,22+/m0/s1. The van der Waals surface area contributed by atoms with E-state index < -0.39 is 0 Å². The van der Waals surface area contributed by atoms with Crippen molar-refractivity contribution in [3.8, 4) is 0 Å². The van der Waals surface area contributed by atoms with Gasteiger partial charge < -0.3 is 10.6 Å². The van der Waals surface area contributed by atoms with E-state index in [0.717, 1.165) is 18.5 Å². The lowest BCUT2D eigenvalue weighted by molar-refractivity contribution is -0.122. The number of benzene rings is 2. The van der Waals surface area contributed by atoms with Gasteiger partial charge in [0.25, 0.3) is 0 Å². The first kappa shape index (κ1) is 19.9. The lowest BCUT2D eigenvalue weighted by Gasteiger charge is -2.04. The van der Waals surface area contributed by atoms with Crippen LogP contribution in [0.5, 0.6) is 0 Å². The molecule has 2 fully saturated rings. The van der Waals surface area contributed by atoms with Gasteiger partial charge in [-0.2, -0.15) is 0 Å². The van der Waals surface area contributed by atoms with E-state index in [1.54, 1.807) is 0 Å². The van der Waals surface area contributed by atoms with Crippen LogP contribution >= 0.6 is 11.3 Å². The number of hydrogen-bond donors (Lipinski definition) is 2. The highest BCUT2D eigenvalue weighted by Crippen LogP contribution is 2.48. The molecule has 1 heterocycles. The van der Waals surface area contributed by atoms with Crippen molar-refractivity contribution in [2.75, 3.05) is 11.9 Å². The molecule has 2 amide bonds. The molecule has 2 N–H and O–H groups in total. The summed E-state index contributed by atoms with van der Waals surface area (Å²) in [7, 11) is 0. The molecule has 5 rings (SSSR count). The Balaban J connectivity index is 1.05. The van der Waals surface area contributed by atoms with Crippen LogP contribution in [0.1, 0.15) is 41.5 Å². The van der Waals surface area contributed by atoms with Gasteiger partial charge in [0.15, 0.2) is 5.13 Å². The largest absolute Gasteiger partial charge is 0.355 e. The molecule has 6 heteroatoms. The lowest BCUT2D eigenvalue weighted by atomic mass is 10.1. The number of rotatable bonds is 8. The summed E-state index contributed by atoms with van der Waals surface area (Å²) in [5.74, 6) is 0.957. The number of hydrogen-bond acceptors (Lipinski definition) is 4. The summed E-state index contributed by atoms with van der Waals surface area (Å²) in [6, 6.07) is 20.4. The van der Waals surface area contributed by atoms with E-state index in [0.29, 0.717) is 29.9 Å². The minimum Gasteiger partial charge on any atom is -0.355 e. The van der Waals surface area contributed by atoms with Gasteiger partial charge in [-0.05, 0) is 35.8 Å². The van der Waals surface area contributed by atoms with Gasteiger partial charge in [0, 0.05) is 30.2 Å². The van der Waals surface area contributed by atoms with Crippen LogP contribution in [0.25, 0.3) is 0 Å². The molecule has 2 aromatic carbocycles. The Morgan fingerprint density at radius 3 is 2.06 bits per heavy atom. The average molecular weight is 432 g/mol. The fourth-order valence-corrected chi connectivity index (χ4v) is 4.98. The molecule has 0 saturated heterocycles. The third-order valence-corrected chi connectivity index (χ3v) is 6.98. The Morgan fingerprint density at radius 2 is 1.45 bits per heavy atom. The van der Waals surface area contributed by atoms with Crippen molar-refractivity contribution in [1.29, 1.82) is 0 Å². The topological polar surface area (TPSA) is 71.1 Å². The van der Waals surface area contributed by atoms with Crippen LogP contribution in [0.4, 0.5) is 5.13 Å². The molecular formula is C25H25N3O2S. The van der Waals surface area contributed by atoms with Crippen molar-refractivity contribution in [2.45, 2.75) is 31.1 Å². The smallest absolute Gasteiger partial charge is 0.229 e. The summed E-state index contributed by atoms with van der Waals surface area (Å²) in [6.45, 7) is 0.562. The van der Waals surface area contributed by atoms with Crippen molar-refractivity contribution in [3.63, 3.8) is 0 Å². The van der Waals surface area contributed by atoms with Crippen molar-refractivity contribution >= 4 is 28.3 Å². The maximum Gasteiger partial charge on any atom is 0.229 e. The van der Waals surface area contributed by atoms with Crippen LogP contribution in [0.15, 0.2) is 66.0 Å². The van der Waals surface area contributed by atoms with Crippen LogP contribution < -0.4 is 10.6 Å². The predicted octanol–water partition coefficient (Wildman–Crippen LogP) is 4.35. The van der Waals surface area contributed by atoms with Gasteiger partial charge in [-0.25, -0.2) is 4.98 Å². The molecule has 0 radical (unpaired) electrons. The van der Waals surface area contributed by atoms with E-state index >= 15 is 0 Å². The number of carbonyl (C=O) groups excluding carboxylic acids is 2. The van der Waals surface area contributed by atoms with Crippen molar-refractivity contribution in [2.24, 2.45) is 11.8 Å². The maximum absolute atomic E-state index is 12.5. The third kappa shape index (κ3) is 4.69. The summed E-state index contributed by atoms with van der Waals surface area (Å²) in [6.07, 6.45) is 2.48. The van der Waals surface area contributed by atoms with Crippen molar-refractivity contribution < 1.29 is 9.59 Å². The Kier molecular flexibility index (Phi) is 5.55. The Labute approximate surface area is 185 Å². The minimum atomic E-state index is 0.0325. The molecule has 0 aliphatic heterocycles. The average Bonchev–Trinajstić information content (AvgIpc) is 3.72. The van der Waals surface area contributed by atoms with Crippen molar-refractivity contribution in [1.82, 2.24) is 10.3 Å². The Bertz CT molecular complexity index is 1070. The van der Waals surface area contributed by atoms with E-state index in [-0.39, 0.29) is 23.7 Å². The SMILES string of the molecule is O=C(NCCc1csc(NC(=O)[C@@H]2C[C@@H]2c2ccccc2)n1)[C@H]1C[C@H]1c1ccccc1. The molecule has 5 nitrogen and oxygen atoms in total. The van der Waals surface area contributed by atoms with Crippen molar-refractivity contribution in [3.05, 3.63) is 82.9 Å². The molecule has 3 aromatic rings. The zero-order chi connectivity index (χ0) is 21.2. The number of thiazole rings is 1. The first-order valence-corrected chi connectivity index (χ1v) is 11.7. The van der Waals surface area contributed by atoms with Gasteiger partial charge in [-0.1, -0.05) is 60.7 Å². The quantitative estimate of drug-likeness (QED) is 0.557. The van der Waals surface area contributed by atoms with Gasteiger partial charge in [-0.3, -0.25) is 9.59 Å². The number of carbonyl (C=O) groups is 2. The van der Waals surface area contributed by atoms with E-state index in [9.17, 15) is 9.59 Å². The molecule has 2 aliphatic rings. The molecule has 1 aromatic heterocycles. The highest BCUT2D eigenvalue weighted by Gasteiger charge is 2.44. The zero-order valence-electron chi connectivity index (χ0n) is 17.2. The number of aromatic nitrogens is 1. The molecule has 0 unspecified atom stereocenters. The second kappa shape index (κ2) is 8.63.